The van der Waals surface area contributed by atoms with E-state index in [9.17, 15) is 9.59 Å². The molecule has 0 spiro atoms. The average Bonchev–Trinajstić information content (AvgIpc) is 2.86. The highest BCUT2D eigenvalue weighted by molar-refractivity contribution is 5.92. The summed E-state index contributed by atoms with van der Waals surface area (Å²) in [4.78, 5) is 33.1. The molecule has 2 amide bonds. The maximum atomic E-state index is 12.7. The van der Waals surface area contributed by atoms with Gasteiger partial charge in [-0.1, -0.05) is 6.07 Å². The molecule has 0 bridgehead atoms. The number of hydrogen-bond donors (Lipinski definition) is 0. The second-order valence-corrected chi connectivity index (χ2v) is 6.87. The Balaban J connectivity index is 1.62. The molecule has 0 N–H and O–H groups in total. The largest absolute Gasteiger partial charge is 0.352 e. The van der Waals surface area contributed by atoms with Crippen LogP contribution in [0.1, 0.15) is 33.9 Å². The fraction of sp³-hybridized carbons (Fsp3) is 0.450. The molecule has 138 valence electrons. The van der Waals surface area contributed by atoms with Crippen LogP contribution in [0, 0.1) is 13.8 Å². The summed E-state index contributed by atoms with van der Waals surface area (Å²) in [6.45, 7) is 6.56. The maximum Gasteiger partial charge on any atom is 0.272 e. The molecule has 0 aromatic carbocycles. The summed E-state index contributed by atoms with van der Waals surface area (Å²) in [5.41, 5.74) is 3.84. The molecule has 1 fully saturated rings. The number of carbonyl (C=O) groups excluding carboxylic acids is 2. The summed E-state index contributed by atoms with van der Waals surface area (Å²) < 4.78 is 2.11. The van der Waals surface area contributed by atoms with E-state index >= 15 is 0 Å². The first-order chi connectivity index (χ1) is 12.5. The predicted molar refractivity (Wildman–Crippen MR) is 99.9 cm³/mol. The van der Waals surface area contributed by atoms with E-state index in [0.29, 0.717) is 38.3 Å². The van der Waals surface area contributed by atoms with Crippen molar-refractivity contribution < 1.29 is 9.59 Å². The lowest BCUT2D eigenvalue weighted by Gasteiger charge is -2.22. The third-order valence-electron chi connectivity index (χ3n) is 5.24. The van der Waals surface area contributed by atoms with Crippen molar-refractivity contribution in [1.82, 2.24) is 19.4 Å². The Hall–Kier alpha value is -2.63. The molecule has 6 heteroatoms. The van der Waals surface area contributed by atoms with Crippen LogP contribution in [0.15, 0.2) is 30.5 Å². The molecule has 3 heterocycles. The standard InChI is InChI=1S/C20H26N4O2/c1-15-13-17(16(2)22(15)3)14-19(25)23-9-6-10-24(12-11-23)20(26)18-7-4-5-8-21-18/h4-5,7-8,13H,6,9-12,14H2,1-3H3. The van der Waals surface area contributed by atoms with Gasteiger partial charge in [0.15, 0.2) is 0 Å². The molecule has 0 saturated carbocycles. The van der Waals surface area contributed by atoms with Gasteiger partial charge in [0.1, 0.15) is 5.69 Å². The summed E-state index contributed by atoms with van der Waals surface area (Å²) in [6.07, 6.45) is 2.84. The summed E-state index contributed by atoms with van der Waals surface area (Å²) >= 11 is 0. The Morgan fingerprint density at radius 2 is 1.81 bits per heavy atom. The van der Waals surface area contributed by atoms with E-state index in [1.807, 2.05) is 31.9 Å². The van der Waals surface area contributed by atoms with Gasteiger partial charge < -0.3 is 14.4 Å². The summed E-state index contributed by atoms with van der Waals surface area (Å²) in [6, 6.07) is 7.43. The minimum atomic E-state index is -0.0607. The number of pyridine rings is 1. The molecule has 1 aliphatic heterocycles. The van der Waals surface area contributed by atoms with Gasteiger partial charge >= 0.3 is 0 Å². The van der Waals surface area contributed by atoms with Gasteiger partial charge in [0.05, 0.1) is 6.42 Å². The Bertz CT molecular complexity index is 798. The number of amides is 2. The first-order valence-electron chi connectivity index (χ1n) is 9.07. The van der Waals surface area contributed by atoms with Crippen LogP contribution in [-0.4, -0.2) is 57.3 Å². The van der Waals surface area contributed by atoms with Gasteiger partial charge in [-0.15, -0.1) is 0 Å². The molecule has 0 radical (unpaired) electrons. The van der Waals surface area contributed by atoms with Crippen molar-refractivity contribution in [3.05, 3.63) is 53.1 Å². The van der Waals surface area contributed by atoms with Crippen molar-refractivity contribution in [2.24, 2.45) is 7.05 Å². The number of nitrogens with zero attached hydrogens (tertiary/aromatic N) is 4. The fourth-order valence-electron chi connectivity index (χ4n) is 3.41. The fourth-order valence-corrected chi connectivity index (χ4v) is 3.41. The number of hydrogen-bond acceptors (Lipinski definition) is 3. The minimum Gasteiger partial charge on any atom is -0.352 e. The van der Waals surface area contributed by atoms with E-state index in [-0.39, 0.29) is 11.8 Å². The van der Waals surface area contributed by atoms with Crippen LogP contribution in [0.5, 0.6) is 0 Å². The first-order valence-corrected chi connectivity index (χ1v) is 9.07. The molecule has 3 rings (SSSR count). The summed E-state index contributed by atoms with van der Waals surface area (Å²) in [5.74, 6) is 0.0697. The summed E-state index contributed by atoms with van der Waals surface area (Å²) in [7, 11) is 2.02. The van der Waals surface area contributed by atoms with Gasteiger partial charge in [-0.25, -0.2) is 0 Å². The zero-order valence-electron chi connectivity index (χ0n) is 15.7. The molecular formula is C20H26N4O2. The van der Waals surface area contributed by atoms with Gasteiger partial charge in [0.2, 0.25) is 5.91 Å². The number of aromatic nitrogens is 2. The lowest BCUT2D eigenvalue weighted by atomic mass is 10.1. The Morgan fingerprint density at radius 1 is 1.08 bits per heavy atom. The molecule has 2 aromatic heterocycles. The van der Waals surface area contributed by atoms with Crippen molar-refractivity contribution >= 4 is 11.8 Å². The van der Waals surface area contributed by atoms with Gasteiger partial charge in [-0.2, -0.15) is 0 Å². The Morgan fingerprint density at radius 3 is 2.46 bits per heavy atom. The van der Waals surface area contributed by atoms with Crippen LogP contribution in [0.25, 0.3) is 0 Å². The Labute approximate surface area is 154 Å². The minimum absolute atomic E-state index is 0.0607. The van der Waals surface area contributed by atoms with Crippen LogP contribution in [0.2, 0.25) is 0 Å². The van der Waals surface area contributed by atoms with E-state index in [0.717, 1.165) is 23.4 Å². The van der Waals surface area contributed by atoms with Gasteiger partial charge in [0.25, 0.3) is 5.91 Å². The smallest absolute Gasteiger partial charge is 0.272 e. The number of aryl methyl sites for hydroxylation is 1. The highest BCUT2D eigenvalue weighted by Gasteiger charge is 2.24. The average molecular weight is 354 g/mol. The van der Waals surface area contributed by atoms with Crippen LogP contribution >= 0.6 is 0 Å². The zero-order valence-corrected chi connectivity index (χ0v) is 15.7. The highest BCUT2D eigenvalue weighted by Crippen LogP contribution is 2.16. The van der Waals surface area contributed by atoms with Crippen molar-refractivity contribution in [3.63, 3.8) is 0 Å². The van der Waals surface area contributed by atoms with Crippen LogP contribution in [-0.2, 0) is 18.3 Å². The molecule has 0 atom stereocenters. The molecule has 6 nitrogen and oxygen atoms in total. The van der Waals surface area contributed by atoms with Gasteiger partial charge in [-0.3, -0.25) is 14.6 Å². The van der Waals surface area contributed by atoms with Gasteiger partial charge in [0, 0.05) is 50.8 Å². The van der Waals surface area contributed by atoms with Crippen LogP contribution < -0.4 is 0 Å². The topological polar surface area (TPSA) is 58.4 Å². The zero-order chi connectivity index (χ0) is 18.7. The first kappa shape index (κ1) is 18.2. The molecule has 1 saturated heterocycles. The third kappa shape index (κ3) is 3.79. The van der Waals surface area contributed by atoms with Crippen molar-refractivity contribution in [2.75, 3.05) is 26.2 Å². The molecule has 0 aliphatic carbocycles. The second kappa shape index (κ2) is 7.72. The van der Waals surface area contributed by atoms with E-state index in [2.05, 4.69) is 15.6 Å². The van der Waals surface area contributed by atoms with Crippen molar-refractivity contribution in [3.8, 4) is 0 Å². The maximum absolute atomic E-state index is 12.7. The lowest BCUT2D eigenvalue weighted by Crippen LogP contribution is -2.38. The normalized spacial score (nSPS) is 15.0. The quantitative estimate of drug-likeness (QED) is 0.847. The number of rotatable bonds is 3. The van der Waals surface area contributed by atoms with Crippen LogP contribution in [0.4, 0.5) is 0 Å². The van der Waals surface area contributed by atoms with E-state index in [4.69, 9.17) is 0 Å². The molecule has 26 heavy (non-hydrogen) atoms. The second-order valence-electron chi connectivity index (χ2n) is 6.87. The highest BCUT2D eigenvalue weighted by atomic mass is 16.2. The Kier molecular flexibility index (Phi) is 5.40. The molecule has 2 aromatic rings. The molecule has 0 unspecified atom stereocenters. The van der Waals surface area contributed by atoms with E-state index < -0.39 is 0 Å². The van der Waals surface area contributed by atoms with Crippen LogP contribution in [0.3, 0.4) is 0 Å². The summed E-state index contributed by atoms with van der Waals surface area (Å²) in [5, 5.41) is 0. The van der Waals surface area contributed by atoms with E-state index in [1.165, 1.54) is 0 Å². The molecule has 1 aliphatic rings. The molecular weight excluding hydrogens is 328 g/mol. The van der Waals surface area contributed by atoms with Crippen molar-refractivity contribution in [2.45, 2.75) is 26.7 Å². The van der Waals surface area contributed by atoms with E-state index in [1.54, 1.807) is 23.2 Å². The SMILES string of the molecule is Cc1cc(CC(=O)N2CCCN(C(=O)c3ccccn3)CC2)c(C)n1C. The van der Waals surface area contributed by atoms with Gasteiger partial charge in [-0.05, 0) is 44.0 Å². The number of carbonyl (C=O) groups is 2. The predicted octanol–water partition coefficient (Wildman–Crippen LogP) is 1.95. The third-order valence-corrected chi connectivity index (χ3v) is 5.24. The lowest BCUT2D eigenvalue weighted by molar-refractivity contribution is -0.130. The van der Waals surface area contributed by atoms with Crippen molar-refractivity contribution in [1.29, 1.82) is 0 Å². The monoisotopic (exact) mass is 354 g/mol.